The number of halogens is 2. The van der Waals surface area contributed by atoms with Crippen LogP contribution in [0.1, 0.15) is 18.9 Å². The molecule has 1 nitrogen and oxygen atoms in total. The summed E-state index contributed by atoms with van der Waals surface area (Å²) in [7, 11) is 1.96. The molecule has 1 unspecified atom stereocenters. The zero-order valence-corrected chi connectivity index (χ0v) is 10.8. The maximum Gasteiger partial charge on any atom is 0.137 e. The molecule has 1 rings (SSSR count). The van der Waals surface area contributed by atoms with Crippen LogP contribution in [0.3, 0.4) is 0 Å². The van der Waals surface area contributed by atoms with Crippen LogP contribution in [0, 0.1) is 11.7 Å². The van der Waals surface area contributed by atoms with Crippen LogP contribution in [0.5, 0.6) is 0 Å². The second-order valence-corrected chi connectivity index (χ2v) is 4.64. The van der Waals surface area contributed by atoms with E-state index in [0.29, 0.717) is 10.4 Å². The van der Waals surface area contributed by atoms with Gasteiger partial charge in [0, 0.05) is 0 Å². The first-order valence-electron chi connectivity index (χ1n) is 5.25. The van der Waals surface area contributed by atoms with E-state index in [-0.39, 0.29) is 5.82 Å². The fourth-order valence-electron chi connectivity index (χ4n) is 1.65. The Morgan fingerprint density at radius 2 is 2.20 bits per heavy atom. The highest BCUT2D eigenvalue weighted by atomic mass is 79.9. The summed E-state index contributed by atoms with van der Waals surface area (Å²) in [6.45, 7) is 3.19. The summed E-state index contributed by atoms with van der Waals surface area (Å²) in [5.41, 5.74) is 1.19. The van der Waals surface area contributed by atoms with E-state index in [1.165, 1.54) is 11.6 Å². The molecule has 0 spiro atoms. The van der Waals surface area contributed by atoms with Crippen molar-refractivity contribution < 1.29 is 4.39 Å². The second kappa shape index (κ2) is 6.23. The van der Waals surface area contributed by atoms with Crippen molar-refractivity contribution in [3.63, 3.8) is 0 Å². The zero-order valence-electron chi connectivity index (χ0n) is 9.19. The molecule has 15 heavy (non-hydrogen) atoms. The predicted octanol–water partition coefficient (Wildman–Crippen LogP) is 3.38. The van der Waals surface area contributed by atoms with Crippen molar-refractivity contribution in [3.8, 4) is 0 Å². The fraction of sp³-hybridized carbons (Fsp3) is 0.500. The highest BCUT2D eigenvalue weighted by Gasteiger charge is 2.07. The third-order valence-electron chi connectivity index (χ3n) is 2.58. The SMILES string of the molecule is CCC(CNC)Cc1ccc(F)c(Br)c1. The van der Waals surface area contributed by atoms with Crippen molar-refractivity contribution in [1.82, 2.24) is 5.32 Å². The van der Waals surface area contributed by atoms with E-state index in [9.17, 15) is 4.39 Å². The lowest BCUT2D eigenvalue weighted by molar-refractivity contribution is 0.480. The molecule has 1 atom stereocenters. The quantitative estimate of drug-likeness (QED) is 0.868. The van der Waals surface area contributed by atoms with E-state index in [1.54, 1.807) is 0 Å². The van der Waals surface area contributed by atoms with Crippen LogP contribution in [0.2, 0.25) is 0 Å². The molecule has 0 aliphatic carbocycles. The summed E-state index contributed by atoms with van der Waals surface area (Å²) in [6, 6.07) is 5.25. The molecule has 1 aromatic carbocycles. The fourth-order valence-corrected chi connectivity index (χ4v) is 2.08. The Morgan fingerprint density at radius 3 is 2.73 bits per heavy atom. The molecular formula is C12H17BrFN. The zero-order chi connectivity index (χ0) is 11.3. The molecule has 0 aliphatic heterocycles. The molecule has 0 radical (unpaired) electrons. The van der Waals surface area contributed by atoms with Crippen LogP contribution in [-0.2, 0) is 6.42 Å². The molecule has 84 valence electrons. The van der Waals surface area contributed by atoms with Crippen molar-refractivity contribution in [2.75, 3.05) is 13.6 Å². The molecule has 0 aromatic heterocycles. The first-order chi connectivity index (χ1) is 7.17. The van der Waals surface area contributed by atoms with Crippen molar-refractivity contribution >= 4 is 15.9 Å². The summed E-state index contributed by atoms with van der Waals surface area (Å²) in [4.78, 5) is 0. The summed E-state index contributed by atoms with van der Waals surface area (Å²) >= 11 is 3.21. The van der Waals surface area contributed by atoms with Crippen molar-refractivity contribution in [2.45, 2.75) is 19.8 Å². The van der Waals surface area contributed by atoms with Crippen LogP contribution in [-0.4, -0.2) is 13.6 Å². The number of hydrogen-bond acceptors (Lipinski definition) is 1. The monoisotopic (exact) mass is 273 g/mol. The van der Waals surface area contributed by atoms with Crippen LogP contribution >= 0.6 is 15.9 Å². The lowest BCUT2D eigenvalue weighted by atomic mass is 9.97. The largest absolute Gasteiger partial charge is 0.319 e. The Hall–Kier alpha value is -0.410. The van der Waals surface area contributed by atoms with E-state index in [2.05, 4.69) is 28.2 Å². The number of benzene rings is 1. The molecule has 0 bridgehead atoms. The molecule has 0 aliphatic rings. The summed E-state index contributed by atoms with van der Waals surface area (Å²) in [6.07, 6.45) is 2.13. The highest BCUT2D eigenvalue weighted by Crippen LogP contribution is 2.19. The lowest BCUT2D eigenvalue weighted by Crippen LogP contribution is -2.20. The van der Waals surface area contributed by atoms with Gasteiger partial charge >= 0.3 is 0 Å². The van der Waals surface area contributed by atoms with Gasteiger partial charge in [-0.05, 0) is 59.6 Å². The first-order valence-corrected chi connectivity index (χ1v) is 6.05. The maximum absolute atomic E-state index is 13.0. The van der Waals surface area contributed by atoms with Gasteiger partial charge in [-0.3, -0.25) is 0 Å². The molecule has 1 N–H and O–H groups in total. The number of rotatable bonds is 5. The third-order valence-corrected chi connectivity index (χ3v) is 3.19. The summed E-state index contributed by atoms with van der Waals surface area (Å²) < 4.78 is 13.6. The topological polar surface area (TPSA) is 12.0 Å². The predicted molar refractivity (Wildman–Crippen MR) is 65.5 cm³/mol. The smallest absolute Gasteiger partial charge is 0.137 e. The molecule has 0 amide bonds. The Morgan fingerprint density at radius 1 is 1.47 bits per heavy atom. The van der Waals surface area contributed by atoms with E-state index in [0.717, 1.165) is 19.4 Å². The minimum Gasteiger partial charge on any atom is -0.319 e. The van der Waals surface area contributed by atoms with Gasteiger partial charge in [-0.2, -0.15) is 0 Å². The van der Waals surface area contributed by atoms with Crippen molar-refractivity contribution in [2.24, 2.45) is 5.92 Å². The standard InChI is InChI=1S/C12H17BrFN/c1-3-9(8-15-2)6-10-4-5-12(14)11(13)7-10/h4-5,7,9,15H,3,6,8H2,1-2H3. The van der Waals surface area contributed by atoms with E-state index in [4.69, 9.17) is 0 Å². The van der Waals surface area contributed by atoms with Gasteiger partial charge in [0.2, 0.25) is 0 Å². The van der Waals surface area contributed by atoms with Crippen LogP contribution in [0.25, 0.3) is 0 Å². The second-order valence-electron chi connectivity index (χ2n) is 3.78. The Bertz CT molecular complexity index is 314. The Labute approximate surface area is 99.2 Å². The molecule has 0 heterocycles. The first kappa shape index (κ1) is 12.7. The molecule has 0 fully saturated rings. The van der Waals surface area contributed by atoms with Gasteiger partial charge in [0.1, 0.15) is 5.82 Å². The van der Waals surface area contributed by atoms with Gasteiger partial charge in [0.15, 0.2) is 0 Å². The van der Waals surface area contributed by atoms with Crippen LogP contribution in [0.15, 0.2) is 22.7 Å². The molecular weight excluding hydrogens is 257 g/mol. The van der Waals surface area contributed by atoms with E-state index >= 15 is 0 Å². The summed E-state index contributed by atoms with van der Waals surface area (Å²) in [5.74, 6) is 0.424. The van der Waals surface area contributed by atoms with Crippen molar-refractivity contribution in [1.29, 1.82) is 0 Å². The van der Waals surface area contributed by atoms with Gasteiger partial charge in [-0.1, -0.05) is 19.4 Å². The summed E-state index contributed by atoms with van der Waals surface area (Å²) in [5, 5.41) is 3.18. The molecule has 0 saturated heterocycles. The Kier molecular flexibility index (Phi) is 5.26. The van der Waals surface area contributed by atoms with Crippen LogP contribution in [0.4, 0.5) is 4.39 Å². The highest BCUT2D eigenvalue weighted by molar-refractivity contribution is 9.10. The average molecular weight is 274 g/mol. The third kappa shape index (κ3) is 3.92. The molecule has 1 aromatic rings. The van der Waals surface area contributed by atoms with Gasteiger partial charge in [0.25, 0.3) is 0 Å². The minimum atomic E-state index is -0.194. The lowest BCUT2D eigenvalue weighted by Gasteiger charge is -2.14. The van der Waals surface area contributed by atoms with Gasteiger partial charge in [-0.15, -0.1) is 0 Å². The molecule has 0 saturated carbocycles. The van der Waals surface area contributed by atoms with E-state index < -0.39 is 0 Å². The van der Waals surface area contributed by atoms with Crippen LogP contribution < -0.4 is 5.32 Å². The number of hydrogen-bond donors (Lipinski definition) is 1. The Balaban J connectivity index is 2.66. The molecule has 3 heteroatoms. The van der Waals surface area contributed by atoms with E-state index in [1.807, 2.05) is 19.2 Å². The normalized spacial score (nSPS) is 12.8. The van der Waals surface area contributed by atoms with Gasteiger partial charge in [0.05, 0.1) is 4.47 Å². The van der Waals surface area contributed by atoms with Gasteiger partial charge < -0.3 is 5.32 Å². The number of nitrogens with one attached hydrogen (secondary N) is 1. The maximum atomic E-state index is 13.0. The minimum absolute atomic E-state index is 0.194. The van der Waals surface area contributed by atoms with Gasteiger partial charge in [-0.25, -0.2) is 4.39 Å². The average Bonchev–Trinajstić information content (AvgIpc) is 2.23. The van der Waals surface area contributed by atoms with Crippen molar-refractivity contribution in [3.05, 3.63) is 34.1 Å².